The lowest BCUT2D eigenvalue weighted by Gasteiger charge is -2.19. The first kappa shape index (κ1) is 19.9. The first-order valence-electron chi connectivity index (χ1n) is 9.14. The monoisotopic (exact) mass is 400 g/mol. The summed E-state index contributed by atoms with van der Waals surface area (Å²) in [6.45, 7) is 1.84. The number of carbonyl (C=O) groups excluding carboxylic acids is 1. The Bertz CT molecular complexity index is 850. The molecule has 1 aliphatic heterocycles. The van der Waals surface area contributed by atoms with Crippen LogP contribution in [0.15, 0.2) is 42.5 Å². The molecule has 0 aromatic heterocycles. The first-order chi connectivity index (χ1) is 13.6. The highest BCUT2D eigenvalue weighted by Crippen LogP contribution is 2.29. The number of carbonyl (C=O) groups is 1. The summed E-state index contributed by atoms with van der Waals surface area (Å²) < 4.78 is 16.2. The van der Waals surface area contributed by atoms with E-state index in [-0.39, 0.29) is 12.5 Å². The lowest BCUT2D eigenvalue weighted by Crippen LogP contribution is -2.26. The van der Waals surface area contributed by atoms with Gasteiger partial charge >= 0.3 is 0 Å². The van der Waals surface area contributed by atoms with Crippen LogP contribution in [0.25, 0.3) is 0 Å². The van der Waals surface area contributed by atoms with Crippen LogP contribution >= 0.6 is 12.2 Å². The van der Waals surface area contributed by atoms with Crippen LogP contribution < -0.4 is 19.5 Å². The molecule has 3 rings (SSSR count). The number of hydrogen-bond donors (Lipinski definition) is 1. The van der Waals surface area contributed by atoms with Gasteiger partial charge in [0, 0.05) is 30.4 Å². The van der Waals surface area contributed by atoms with Gasteiger partial charge in [0.2, 0.25) is 0 Å². The molecule has 1 heterocycles. The van der Waals surface area contributed by atoms with Gasteiger partial charge in [-0.05, 0) is 43.2 Å². The van der Waals surface area contributed by atoms with Gasteiger partial charge in [-0.25, -0.2) is 0 Å². The number of nitrogens with one attached hydrogen (secondary N) is 1. The summed E-state index contributed by atoms with van der Waals surface area (Å²) in [6.07, 6.45) is 2.34. The van der Waals surface area contributed by atoms with Gasteiger partial charge < -0.3 is 24.4 Å². The zero-order valence-electron chi connectivity index (χ0n) is 16.1. The fourth-order valence-corrected chi connectivity index (χ4v) is 3.37. The summed E-state index contributed by atoms with van der Waals surface area (Å²) in [5.74, 6) is 1.45. The van der Waals surface area contributed by atoms with Crippen LogP contribution in [0.1, 0.15) is 18.4 Å². The largest absolute Gasteiger partial charge is 0.497 e. The van der Waals surface area contributed by atoms with E-state index >= 15 is 0 Å². The predicted octanol–water partition coefficient (Wildman–Crippen LogP) is 3.49. The number of ether oxygens (including phenoxy) is 3. The Hall–Kier alpha value is -2.80. The molecular formula is C21H24N2O4S. The normalized spacial score (nSPS) is 13.1. The van der Waals surface area contributed by atoms with Crippen molar-refractivity contribution >= 4 is 28.8 Å². The highest BCUT2D eigenvalue weighted by atomic mass is 32.1. The summed E-state index contributed by atoms with van der Waals surface area (Å²) in [5, 5.41) is 2.78. The number of amides is 1. The highest BCUT2D eigenvalue weighted by molar-refractivity contribution is 7.80. The molecule has 2 aromatic carbocycles. The van der Waals surface area contributed by atoms with Gasteiger partial charge in [-0.15, -0.1) is 0 Å². The van der Waals surface area contributed by atoms with Crippen molar-refractivity contribution in [3.63, 3.8) is 0 Å². The van der Waals surface area contributed by atoms with Crippen molar-refractivity contribution in [2.75, 3.05) is 39.2 Å². The van der Waals surface area contributed by atoms with E-state index in [9.17, 15) is 4.79 Å². The van der Waals surface area contributed by atoms with Gasteiger partial charge in [0.1, 0.15) is 10.7 Å². The molecular weight excluding hydrogens is 376 g/mol. The van der Waals surface area contributed by atoms with Gasteiger partial charge in [0.25, 0.3) is 5.91 Å². The molecule has 0 radical (unpaired) electrons. The van der Waals surface area contributed by atoms with E-state index in [2.05, 4.69) is 10.2 Å². The Morgan fingerprint density at radius 3 is 2.57 bits per heavy atom. The zero-order chi connectivity index (χ0) is 19.9. The third kappa shape index (κ3) is 4.92. The van der Waals surface area contributed by atoms with Crippen molar-refractivity contribution in [2.24, 2.45) is 0 Å². The lowest BCUT2D eigenvalue weighted by molar-refractivity contribution is -0.118. The van der Waals surface area contributed by atoms with Crippen molar-refractivity contribution in [3.8, 4) is 17.2 Å². The zero-order valence-corrected chi connectivity index (χ0v) is 16.9. The molecule has 1 N–H and O–H groups in total. The minimum Gasteiger partial charge on any atom is -0.497 e. The van der Waals surface area contributed by atoms with Gasteiger partial charge in [0.05, 0.1) is 14.2 Å². The number of thiocarbonyl (C=S) groups is 1. The van der Waals surface area contributed by atoms with Crippen molar-refractivity contribution in [2.45, 2.75) is 12.8 Å². The Morgan fingerprint density at radius 2 is 1.86 bits per heavy atom. The Morgan fingerprint density at radius 1 is 1.07 bits per heavy atom. The smallest absolute Gasteiger partial charge is 0.262 e. The molecule has 0 unspecified atom stereocenters. The molecule has 7 heteroatoms. The fourth-order valence-electron chi connectivity index (χ4n) is 3.06. The Kier molecular flexibility index (Phi) is 6.71. The molecule has 6 nitrogen and oxygen atoms in total. The maximum absolute atomic E-state index is 12.2. The maximum Gasteiger partial charge on any atom is 0.262 e. The summed E-state index contributed by atoms with van der Waals surface area (Å²) >= 11 is 5.59. The molecule has 0 atom stereocenters. The van der Waals surface area contributed by atoms with Gasteiger partial charge in [-0.1, -0.05) is 18.3 Å². The molecule has 1 aliphatic rings. The van der Waals surface area contributed by atoms with Crippen LogP contribution in [-0.2, 0) is 4.79 Å². The number of nitrogens with zero attached hydrogens (tertiary/aromatic N) is 1. The topological polar surface area (TPSA) is 60.0 Å². The minimum absolute atomic E-state index is 0.135. The first-order valence-corrected chi connectivity index (χ1v) is 9.55. The molecule has 1 fully saturated rings. The number of likely N-dealkylation sites (tertiary alicyclic amines) is 1. The number of rotatable bonds is 7. The van der Waals surface area contributed by atoms with Crippen LogP contribution in [-0.4, -0.2) is 49.7 Å². The van der Waals surface area contributed by atoms with E-state index in [1.165, 1.54) is 12.8 Å². The molecule has 28 heavy (non-hydrogen) atoms. The number of benzene rings is 2. The van der Waals surface area contributed by atoms with Crippen LogP contribution in [0.3, 0.4) is 0 Å². The Labute approximate surface area is 170 Å². The number of hydrogen-bond acceptors (Lipinski definition) is 5. The summed E-state index contributed by atoms with van der Waals surface area (Å²) in [6, 6.07) is 12.7. The molecule has 1 saturated heterocycles. The van der Waals surface area contributed by atoms with E-state index in [1.807, 2.05) is 18.2 Å². The van der Waals surface area contributed by atoms with Crippen LogP contribution in [0, 0.1) is 0 Å². The molecule has 2 aromatic rings. The molecule has 0 saturated carbocycles. The van der Waals surface area contributed by atoms with Gasteiger partial charge in [-0.2, -0.15) is 0 Å². The summed E-state index contributed by atoms with van der Waals surface area (Å²) in [7, 11) is 3.15. The van der Waals surface area contributed by atoms with Crippen LogP contribution in [0.5, 0.6) is 17.2 Å². The van der Waals surface area contributed by atoms with Gasteiger partial charge in [0.15, 0.2) is 18.1 Å². The summed E-state index contributed by atoms with van der Waals surface area (Å²) in [5.41, 5.74) is 1.56. The van der Waals surface area contributed by atoms with Crippen molar-refractivity contribution in [3.05, 3.63) is 48.0 Å². The number of methoxy groups -OCH3 is 2. The molecule has 0 spiro atoms. The second kappa shape index (κ2) is 9.41. The molecule has 1 amide bonds. The third-order valence-corrected chi connectivity index (χ3v) is 5.01. The Balaban J connectivity index is 1.61. The van der Waals surface area contributed by atoms with Crippen LogP contribution in [0.2, 0.25) is 0 Å². The van der Waals surface area contributed by atoms with Gasteiger partial charge in [-0.3, -0.25) is 4.79 Å². The lowest BCUT2D eigenvalue weighted by atomic mass is 10.2. The third-order valence-electron chi connectivity index (χ3n) is 4.52. The van der Waals surface area contributed by atoms with Crippen molar-refractivity contribution in [1.29, 1.82) is 0 Å². The minimum atomic E-state index is -0.271. The van der Waals surface area contributed by atoms with E-state index in [0.717, 1.165) is 23.6 Å². The maximum atomic E-state index is 12.2. The average Bonchev–Trinajstić information content (AvgIpc) is 3.26. The van der Waals surface area contributed by atoms with E-state index < -0.39 is 0 Å². The molecule has 148 valence electrons. The molecule has 0 bridgehead atoms. The van der Waals surface area contributed by atoms with Crippen molar-refractivity contribution < 1.29 is 19.0 Å². The second-order valence-corrected chi connectivity index (χ2v) is 6.82. The van der Waals surface area contributed by atoms with E-state index in [4.69, 9.17) is 26.4 Å². The van der Waals surface area contributed by atoms with E-state index in [0.29, 0.717) is 22.9 Å². The molecule has 0 aliphatic carbocycles. The van der Waals surface area contributed by atoms with Crippen LogP contribution in [0.4, 0.5) is 5.69 Å². The van der Waals surface area contributed by atoms with E-state index in [1.54, 1.807) is 38.5 Å². The fraction of sp³-hybridized carbons (Fsp3) is 0.333. The quantitative estimate of drug-likeness (QED) is 0.718. The number of anilines is 1. The second-order valence-electron chi connectivity index (χ2n) is 6.43. The predicted molar refractivity (Wildman–Crippen MR) is 113 cm³/mol. The standard InChI is InChI=1S/C21H24N2O4S/c1-25-17-7-5-6-16(13-17)22-20(24)14-27-18-9-8-15(12-19(18)26-2)21(28)23-10-3-4-11-23/h5-9,12-13H,3-4,10-11,14H2,1-2H3,(H,22,24). The summed E-state index contributed by atoms with van der Waals surface area (Å²) in [4.78, 5) is 15.2. The SMILES string of the molecule is COc1cccc(NC(=O)COc2ccc(C(=S)N3CCCC3)cc2OC)c1. The average molecular weight is 401 g/mol. The van der Waals surface area contributed by atoms with Crippen molar-refractivity contribution in [1.82, 2.24) is 4.90 Å². The highest BCUT2D eigenvalue weighted by Gasteiger charge is 2.18.